The number of nitrogens with zero attached hydrogens (tertiary/aromatic N) is 2. The zero-order chi connectivity index (χ0) is 19.6. The molecule has 0 unspecified atom stereocenters. The quantitative estimate of drug-likeness (QED) is 0.674. The Kier molecular flexibility index (Phi) is 5.51. The van der Waals surface area contributed by atoms with Crippen molar-refractivity contribution < 1.29 is 14.3 Å². The Morgan fingerprint density at radius 2 is 1.93 bits per heavy atom. The van der Waals surface area contributed by atoms with E-state index >= 15 is 0 Å². The van der Waals surface area contributed by atoms with E-state index in [-0.39, 0.29) is 0 Å². The number of hydrogen-bond acceptors (Lipinski definition) is 5. The lowest BCUT2D eigenvalue weighted by molar-refractivity contribution is 0.1000. The highest BCUT2D eigenvalue weighted by Crippen LogP contribution is 2.34. The summed E-state index contributed by atoms with van der Waals surface area (Å²) in [5.74, 6) is 0.986. The summed E-state index contributed by atoms with van der Waals surface area (Å²) < 4.78 is 12.8. The molecule has 7 heteroatoms. The second-order valence-electron chi connectivity index (χ2n) is 6.21. The fourth-order valence-electron chi connectivity index (χ4n) is 3.41. The molecule has 0 bridgehead atoms. The van der Waals surface area contributed by atoms with Crippen molar-refractivity contribution in [2.45, 2.75) is 26.8 Å². The number of aryl methyl sites for hydroxylation is 1. The summed E-state index contributed by atoms with van der Waals surface area (Å²) in [6.07, 6.45) is 2.52. The molecule has 0 radical (unpaired) electrons. The third kappa shape index (κ3) is 3.55. The molecule has 2 N–H and O–H groups in total. The zero-order valence-corrected chi connectivity index (χ0v) is 16.7. The van der Waals surface area contributed by atoms with Crippen LogP contribution in [0.25, 0.3) is 10.6 Å². The van der Waals surface area contributed by atoms with E-state index in [1.54, 1.807) is 20.4 Å². The molecule has 0 aliphatic carbocycles. The van der Waals surface area contributed by atoms with Crippen LogP contribution < -0.4 is 15.2 Å². The zero-order valence-electron chi connectivity index (χ0n) is 15.9. The molecule has 0 aliphatic rings. The summed E-state index contributed by atoms with van der Waals surface area (Å²) in [4.78, 5) is 16.5. The summed E-state index contributed by atoms with van der Waals surface area (Å²) >= 11 is 1.50. The summed E-state index contributed by atoms with van der Waals surface area (Å²) in [7, 11) is 3.25. The van der Waals surface area contributed by atoms with Crippen molar-refractivity contribution in [3.05, 3.63) is 52.3 Å². The molecule has 27 heavy (non-hydrogen) atoms. The van der Waals surface area contributed by atoms with Gasteiger partial charge in [0.05, 0.1) is 19.8 Å². The Morgan fingerprint density at radius 3 is 2.52 bits per heavy atom. The summed E-state index contributed by atoms with van der Waals surface area (Å²) in [5, 5.41) is 2.71. The monoisotopic (exact) mass is 385 g/mol. The van der Waals surface area contributed by atoms with E-state index < -0.39 is 5.91 Å². The van der Waals surface area contributed by atoms with E-state index in [0.29, 0.717) is 17.1 Å². The van der Waals surface area contributed by atoms with E-state index in [1.165, 1.54) is 11.3 Å². The van der Waals surface area contributed by atoms with E-state index in [0.717, 1.165) is 40.5 Å². The Hall–Kier alpha value is -2.80. The molecular weight excluding hydrogens is 362 g/mol. The number of rotatable bonds is 7. The SMILES string of the molecule is COc1ccc(CCn2c(C)c(C(N)=O)c(-c3nccs3)c2C)cc1OC. The number of thiazole rings is 1. The van der Waals surface area contributed by atoms with Crippen molar-refractivity contribution in [1.29, 1.82) is 0 Å². The van der Waals surface area contributed by atoms with Crippen LogP contribution in [0.15, 0.2) is 29.8 Å². The van der Waals surface area contributed by atoms with Crippen molar-refractivity contribution in [2.75, 3.05) is 14.2 Å². The first-order valence-electron chi connectivity index (χ1n) is 8.58. The van der Waals surface area contributed by atoms with E-state index in [2.05, 4.69) is 9.55 Å². The number of nitrogens with two attached hydrogens (primary N) is 1. The minimum absolute atomic E-state index is 0.425. The second-order valence-corrected chi connectivity index (χ2v) is 7.11. The fourth-order valence-corrected chi connectivity index (χ4v) is 4.15. The van der Waals surface area contributed by atoms with Crippen LogP contribution in [0.2, 0.25) is 0 Å². The molecular formula is C20H23N3O3S. The second kappa shape index (κ2) is 7.84. The van der Waals surface area contributed by atoms with Gasteiger partial charge < -0.3 is 19.8 Å². The first-order valence-corrected chi connectivity index (χ1v) is 9.46. The molecule has 0 spiro atoms. The van der Waals surface area contributed by atoms with Crippen LogP contribution in [0.1, 0.15) is 27.3 Å². The van der Waals surface area contributed by atoms with Gasteiger partial charge in [-0.05, 0) is 38.0 Å². The highest BCUT2D eigenvalue weighted by molar-refractivity contribution is 7.13. The average molecular weight is 385 g/mol. The van der Waals surface area contributed by atoms with E-state index in [9.17, 15) is 4.79 Å². The van der Waals surface area contributed by atoms with Crippen LogP contribution in [-0.4, -0.2) is 29.7 Å². The number of carbonyl (C=O) groups excluding carboxylic acids is 1. The topological polar surface area (TPSA) is 79.4 Å². The molecule has 1 amide bonds. The Morgan fingerprint density at radius 1 is 1.19 bits per heavy atom. The van der Waals surface area contributed by atoms with Gasteiger partial charge in [-0.3, -0.25) is 4.79 Å². The molecule has 0 aliphatic heterocycles. The minimum Gasteiger partial charge on any atom is -0.493 e. The van der Waals surface area contributed by atoms with Crippen LogP contribution in [0.5, 0.6) is 11.5 Å². The van der Waals surface area contributed by atoms with Crippen LogP contribution >= 0.6 is 11.3 Å². The molecule has 1 aromatic carbocycles. The molecule has 6 nitrogen and oxygen atoms in total. The van der Waals surface area contributed by atoms with Gasteiger partial charge >= 0.3 is 0 Å². The first kappa shape index (κ1) is 19.0. The van der Waals surface area contributed by atoms with Crippen LogP contribution in [-0.2, 0) is 13.0 Å². The maximum Gasteiger partial charge on any atom is 0.251 e. The Balaban J connectivity index is 1.94. The predicted molar refractivity (Wildman–Crippen MR) is 107 cm³/mol. The smallest absolute Gasteiger partial charge is 0.251 e. The van der Waals surface area contributed by atoms with Crippen molar-refractivity contribution in [3.63, 3.8) is 0 Å². The van der Waals surface area contributed by atoms with Gasteiger partial charge in [-0.2, -0.15) is 0 Å². The van der Waals surface area contributed by atoms with Gasteiger partial charge in [0.25, 0.3) is 5.91 Å². The largest absolute Gasteiger partial charge is 0.493 e. The molecule has 142 valence electrons. The van der Waals surface area contributed by atoms with Gasteiger partial charge in [0.15, 0.2) is 11.5 Å². The van der Waals surface area contributed by atoms with Crippen molar-refractivity contribution in [3.8, 4) is 22.1 Å². The Bertz CT molecular complexity index is 962. The van der Waals surface area contributed by atoms with Gasteiger partial charge in [0.2, 0.25) is 0 Å². The lowest BCUT2D eigenvalue weighted by atomic mass is 10.1. The standard InChI is InChI=1S/C20H23N3O3S/c1-12-17(19(21)24)18(20-22-8-10-27-20)13(2)23(12)9-7-14-5-6-15(25-3)16(11-14)26-4/h5-6,8,10-11H,7,9H2,1-4H3,(H2,21,24). The number of carbonyl (C=O) groups is 1. The van der Waals surface area contributed by atoms with Crippen molar-refractivity contribution in [1.82, 2.24) is 9.55 Å². The van der Waals surface area contributed by atoms with E-state index in [1.807, 2.05) is 37.4 Å². The van der Waals surface area contributed by atoms with Gasteiger partial charge in [0.1, 0.15) is 5.01 Å². The van der Waals surface area contributed by atoms with Gasteiger partial charge in [-0.1, -0.05) is 6.07 Å². The maximum atomic E-state index is 12.1. The predicted octanol–water partition coefficient (Wildman–Crippen LogP) is 3.59. The summed E-state index contributed by atoms with van der Waals surface area (Å²) in [6.45, 7) is 4.66. The molecule has 2 aromatic heterocycles. The number of methoxy groups -OCH3 is 2. The number of amides is 1. The minimum atomic E-state index is -0.425. The summed E-state index contributed by atoms with van der Waals surface area (Å²) in [5.41, 5.74) is 10.0. The maximum absolute atomic E-state index is 12.1. The summed E-state index contributed by atoms with van der Waals surface area (Å²) in [6, 6.07) is 5.90. The van der Waals surface area contributed by atoms with E-state index in [4.69, 9.17) is 15.2 Å². The third-order valence-electron chi connectivity index (χ3n) is 4.75. The van der Waals surface area contributed by atoms with Crippen LogP contribution in [0, 0.1) is 13.8 Å². The number of ether oxygens (including phenoxy) is 2. The number of hydrogen-bond donors (Lipinski definition) is 1. The number of benzene rings is 1. The fraction of sp³-hybridized carbons (Fsp3) is 0.300. The van der Waals surface area contributed by atoms with Gasteiger partial charge in [0, 0.05) is 35.1 Å². The highest BCUT2D eigenvalue weighted by atomic mass is 32.1. The molecule has 0 fully saturated rings. The number of aromatic nitrogens is 2. The highest BCUT2D eigenvalue weighted by Gasteiger charge is 2.23. The first-order chi connectivity index (χ1) is 13.0. The average Bonchev–Trinajstić information content (AvgIpc) is 3.26. The molecule has 2 heterocycles. The molecule has 0 saturated carbocycles. The van der Waals surface area contributed by atoms with Gasteiger partial charge in [-0.25, -0.2) is 4.98 Å². The molecule has 3 aromatic rings. The lowest BCUT2D eigenvalue weighted by Gasteiger charge is -2.12. The van der Waals surface area contributed by atoms with Crippen molar-refractivity contribution in [2.24, 2.45) is 5.73 Å². The third-order valence-corrected chi connectivity index (χ3v) is 5.54. The van der Waals surface area contributed by atoms with Crippen LogP contribution in [0.3, 0.4) is 0 Å². The molecule has 0 saturated heterocycles. The lowest BCUT2D eigenvalue weighted by Crippen LogP contribution is -2.13. The normalized spacial score (nSPS) is 10.8. The van der Waals surface area contributed by atoms with Crippen LogP contribution in [0.4, 0.5) is 0 Å². The molecule has 3 rings (SSSR count). The number of primary amides is 1. The van der Waals surface area contributed by atoms with Crippen molar-refractivity contribution >= 4 is 17.2 Å². The Labute approximate surface area is 162 Å². The molecule has 0 atom stereocenters. The van der Waals surface area contributed by atoms with Gasteiger partial charge in [-0.15, -0.1) is 11.3 Å².